The van der Waals surface area contributed by atoms with Crippen molar-refractivity contribution >= 4 is 33.6 Å². The van der Waals surface area contributed by atoms with E-state index in [2.05, 4.69) is 191 Å². The van der Waals surface area contributed by atoms with E-state index in [1.165, 1.54) is 244 Å². The number of rotatable bonds is 99. The van der Waals surface area contributed by atoms with Crippen LogP contribution in [0.25, 0.3) is 0 Å². The number of unbranched alkanes of at least 4 members (excludes halogenated alkanes) is 48. The highest BCUT2D eigenvalue weighted by molar-refractivity contribution is 7.47. The van der Waals surface area contributed by atoms with E-state index >= 15 is 0 Å². The van der Waals surface area contributed by atoms with Gasteiger partial charge in [0.25, 0.3) is 0 Å². The first kappa shape index (κ1) is 124. The molecule has 16 nitrogen and oxygen atoms in total. The van der Waals surface area contributed by atoms with Gasteiger partial charge in [0.2, 0.25) is 0 Å². The lowest BCUT2D eigenvalue weighted by atomic mass is 10.0. The van der Waals surface area contributed by atoms with Gasteiger partial charge >= 0.3 is 33.6 Å². The summed E-state index contributed by atoms with van der Waals surface area (Å²) in [5.74, 6) is -1.56. The van der Waals surface area contributed by atoms with Crippen molar-refractivity contribution in [1.29, 1.82) is 0 Å². The Hall–Kier alpha value is -5.09. The van der Waals surface area contributed by atoms with Crippen LogP contribution in [0.15, 0.2) is 170 Å². The fraction of sp³-hybridized carbons (Fsp3) is 0.721. The number of hydrogen-bond donors (Lipinski definition) is 4. The van der Waals surface area contributed by atoms with Crippen LogP contribution < -0.4 is 0 Å². The van der Waals surface area contributed by atoms with Crippen molar-refractivity contribution in [2.75, 3.05) is 39.6 Å². The zero-order chi connectivity index (χ0) is 93.5. The van der Waals surface area contributed by atoms with E-state index in [0.717, 1.165) is 154 Å². The second kappa shape index (κ2) is 102. The molecule has 742 valence electrons. The standard InChI is InChI=1S/C111H192O16P2/c1-4-7-10-13-16-19-22-25-28-31-34-37-40-43-46-48-50-52-54-56-59-61-64-67-70-73-76-79-82-85-88-91-94-97-109(114)121-100-106(112)101-123-128(117,118)124-102-107(113)103-125-129(119,120)126-105-108(127-111(116)99-96-93-90-87-84-81-78-75-72-69-66-63-58-45-42-39-36-33-30-27-24-21-18-15-12-9-6-3)104-122-110(115)98-95-92-89-86-83-80-77-74-71-68-65-62-60-57-55-53-51-49-47-44-41-38-35-32-29-26-23-20-17-14-11-8-5-2/h7-8,10-11,16-21,25-30,34-39,43-47,58,106-108,112-113H,4-6,9,12-15,22-24,31-33,40-42,48-57,59-105H2,1-3H3,(H,117,118)(H,119,120)/b10-7-,11-8-,19-16-,20-17-,21-18-,28-25-,29-26-,30-27-,37-34-,38-35-,39-36-,46-43-,47-44-,58-45-. The molecule has 0 aliphatic carbocycles. The van der Waals surface area contributed by atoms with Gasteiger partial charge in [0, 0.05) is 19.3 Å². The van der Waals surface area contributed by atoms with E-state index in [-0.39, 0.29) is 19.3 Å². The Morgan fingerprint density at radius 3 is 0.651 bits per heavy atom. The number of phosphoric acid groups is 2. The molecule has 0 spiro atoms. The van der Waals surface area contributed by atoms with Gasteiger partial charge < -0.3 is 34.2 Å². The molecule has 0 aromatic rings. The Morgan fingerprint density at radius 2 is 0.411 bits per heavy atom. The summed E-state index contributed by atoms with van der Waals surface area (Å²) in [5, 5.41) is 20.8. The average molecular weight is 1840 g/mol. The third kappa shape index (κ3) is 103. The zero-order valence-electron chi connectivity index (χ0n) is 82.3. The van der Waals surface area contributed by atoms with E-state index in [1.54, 1.807) is 0 Å². The van der Waals surface area contributed by atoms with Gasteiger partial charge in [-0.2, -0.15) is 0 Å². The van der Waals surface area contributed by atoms with Crippen molar-refractivity contribution in [3.8, 4) is 0 Å². The molecule has 4 N–H and O–H groups in total. The summed E-state index contributed by atoms with van der Waals surface area (Å²) in [7, 11) is -9.82. The number of hydrogen-bond acceptors (Lipinski definition) is 14. The summed E-state index contributed by atoms with van der Waals surface area (Å²) in [4.78, 5) is 59.3. The van der Waals surface area contributed by atoms with E-state index in [4.69, 9.17) is 32.3 Å². The number of aliphatic hydroxyl groups is 2. The predicted octanol–water partition coefficient (Wildman–Crippen LogP) is 33.3. The number of aliphatic hydroxyl groups excluding tert-OH is 2. The second-order valence-corrected chi connectivity index (χ2v) is 37.8. The molecule has 5 unspecified atom stereocenters. The van der Waals surface area contributed by atoms with Crippen molar-refractivity contribution in [2.45, 2.75) is 476 Å². The highest BCUT2D eigenvalue weighted by Gasteiger charge is 2.30. The number of ether oxygens (including phenoxy) is 3. The summed E-state index contributed by atoms with van der Waals surface area (Å²) in [5.41, 5.74) is 0. The minimum absolute atomic E-state index is 0.0993. The van der Waals surface area contributed by atoms with E-state index in [9.17, 15) is 43.5 Å². The van der Waals surface area contributed by atoms with Crippen LogP contribution in [0, 0.1) is 0 Å². The molecule has 5 atom stereocenters. The number of carbonyl (C=O) groups is 3. The van der Waals surface area contributed by atoms with Crippen LogP contribution >= 0.6 is 15.6 Å². The third-order valence-corrected chi connectivity index (χ3v) is 24.3. The van der Waals surface area contributed by atoms with Crippen LogP contribution in [0.1, 0.15) is 457 Å². The Balaban J connectivity index is 4.59. The molecule has 0 bridgehead atoms. The molecule has 0 saturated heterocycles. The van der Waals surface area contributed by atoms with Crippen molar-refractivity contribution in [3.63, 3.8) is 0 Å². The van der Waals surface area contributed by atoms with Crippen molar-refractivity contribution in [3.05, 3.63) is 170 Å². The molecule has 0 aromatic heterocycles. The Bertz CT molecular complexity index is 3030. The monoisotopic (exact) mass is 1840 g/mol. The maximum absolute atomic E-state index is 13.1. The maximum atomic E-state index is 13.1. The Morgan fingerprint density at radius 1 is 0.225 bits per heavy atom. The lowest BCUT2D eigenvalue weighted by molar-refractivity contribution is -0.161. The second-order valence-electron chi connectivity index (χ2n) is 34.9. The summed E-state index contributed by atoms with van der Waals surface area (Å²) in [6.07, 6.45) is 134. The molecule has 0 radical (unpaired) electrons. The molecule has 0 amide bonds. The third-order valence-electron chi connectivity index (χ3n) is 22.4. The predicted molar refractivity (Wildman–Crippen MR) is 546 cm³/mol. The Kier molecular flexibility index (Phi) is 97.8. The summed E-state index contributed by atoms with van der Waals surface area (Å²) >= 11 is 0. The van der Waals surface area contributed by atoms with Gasteiger partial charge in [-0.15, -0.1) is 0 Å². The van der Waals surface area contributed by atoms with Crippen molar-refractivity contribution < 1.29 is 75.8 Å². The van der Waals surface area contributed by atoms with Crippen molar-refractivity contribution in [1.82, 2.24) is 0 Å². The van der Waals surface area contributed by atoms with Crippen LogP contribution in [-0.4, -0.2) is 95.9 Å². The van der Waals surface area contributed by atoms with Crippen molar-refractivity contribution in [2.24, 2.45) is 0 Å². The minimum Gasteiger partial charge on any atom is -0.463 e. The average Bonchev–Trinajstić information content (AvgIpc) is 0.894. The van der Waals surface area contributed by atoms with Crippen LogP contribution in [0.4, 0.5) is 0 Å². The van der Waals surface area contributed by atoms with Gasteiger partial charge in [-0.1, -0.05) is 454 Å². The molecule has 129 heavy (non-hydrogen) atoms. The quantitative estimate of drug-likeness (QED) is 0.0146. The summed E-state index contributed by atoms with van der Waals surface area (Å²) in [6.45, 7) is 2.51. The summed E-state index contributed by atoms with van der Waals surface area (Å²) < 4.78 is 61.8. The van der Waals surface area contributed by atoms with Crippen LogP contribution in [0.5, 0.6) is 0 Å². The number of esters is 3. The SMILES string of the molecule is CC/C=C\C/C=C\C/C=C\C/C=C\C/C=C\CCCCCCCCCCCCCCCCCCCC(=O)OCC(O)COP(=O)(O)OCC(O)COP(=O)(O)OCC(COC(=O)CCCCCCCCCCCCCCCCCCC/C=C\C/C=C\C/C=C\C/C=C\C/C=C\CC)OC(=O)CCCCCCCCCCCCC/C=C\C/C=C\C/C=C\C/C=C\CCCCC. The highest BCUT2D eigenvalue weighted by Crippen LogP contribution is 2.45. The topological polar surface area (TPSA) is 231 Å². The van der Waals surface area contributed by atoms with E-state index in [1.807, 2.05) is 0 Å². The Labute approximate surface area is 790 Å². The largest absolute Gasteiger partial charge is 0.472 e. The molecule has 0 aliphatic rings. The number of phosphoric ester groups is 2. The van der Waals surface area contributed by atoms with Crippen LogP contribution in [0.2, 0.25) is 0 Å². The van der Waals surface area contributed by atoms with Gasteiger partial charge in [0.05, 0.1) is 26.4 Å². The van der Waals surface area contributed by atoms with Gasteiger partial charge in [-0.25, -0.2) is 9.13 Å². The molecule has 0 rings (SSSR count). The first-order valence-electron chi connectivity index (χ1n) is 52.4. The minimum atomic E-state index is -4.95. The van der Waals surface area contributed by atoms with E-state index < -0.39 is 91.5 Å². The molecule has 0 fully saturated rings. The number of allylic oxidation sites excluding steroid dienone is 28. The summed E-state index contributed by atoms with van der Waals surface area (Å²) in [6, 6.07) is 0. The van der Waals surface area contributed by atoms with Gasteiger partial charge in [0.1, 0.15) is 25.4 Å². The normalized spacial score (nSPS) is 14.3. The first-order valence-corrected chi connectivity index (χ1v) is 55.4. The lowest BCUT2D eigenvalue weighted by Crippen LogP contribution is -2.30. The van der Waals surface area contributed by atoms with Gasteiger partial charge in [0.15, 0.2) is 6.10 Å². The van der Waals surface area contributed by atoms with E-state index in [0.29, 0.717) is 19.3 Å². The fourth-order valence-corrected chi connectivity index (χ4v) is 16.1. The molecular weight excluding hydrogens is 1650 g/mol. The van der Waals surface area contributed by atoms with Crippen LogP contribution in [-0.2, 0) is 55.8 Å². The zero-order valence-corrected chi connectivity index (χ0v) is 84.1. The first-order chi connectivity index (χ1) is 63.2. The smallest absolute Gasteiger partial charge is 0.463 e. The maximum Gasteiger partial charge on any atom is 0.472 e. The fourth-order valence-electron chi connectivity index (χ4n) is 14.6. The number of carbonyl (C=O) groups excluding carboxylic acids is 3. The molecule has 0 aliphatic heterocycles. The molecule has 18 heteroatoms. The lowest BCUT2D eigenvalue weighted by Gasteiger charge is -2.21. The van der Waals surface area contributed by atoms with Crippen LogP contribution in [0.3, 0.4) is 0 Å². The molecule has 0 heterocycles. The highest BCUT2D eigenvalue weighted by atomic mass is 31.2. The molecule has 0 aromatic carbocycles. The van der Waals surface area contributed by atoms with Gasteiger partial charge in [-0.05, 0) is 154 Å². The molecular formula is C111H192O16P2. The molecule has 0 saturated carbocycles. The van der Waals surface area contributed by atoms with Gasteiger partial charge in [-0.3, -0.25) is 32.5 Å².